The summed E-state index contributed by atoms with van der Waals surface area (Å²) in [7, 11) is 1.67. The fourth-order valence-corrected chi connectivity index (χ4v) is 7.64. The SMILES string of the molecule is COc1ccc(CN2CCC3(CCN(C[C@H]4CN(C(=O)OC5CCCCC5)CC4c4ccccc4)CC3)C2=O)cc1. The van der Waals surface area contributed by atoms with Gasteiger partial charge in [0.2, 0.25) is 5.91 Å². The average Bonchev–Trinajstić information content (AvgIpc) is 3.57. The third-order valence-corrected chi connectivity index (χ3v) is 10.2. The molecule has 0 bridgehead atoms. The van der Waals surface area contributed by atoms with E-state index in [-0.39, 0.29) is 17.6 Å². The number of carbonyl (C=O) groups is 2. The van der Waals surface area contributed by atoms with Gasteiger partial charge in [0.25, 0.3) is 0 Å². The first-order valence-electron chi connectivity index (χ1n) is 15.7. The van der Waals surface area contributed by atoms with Gasteiger partial charge < -0.3 is 24.2 Å². The molecule has 1 spiro atoms. The molecule has 7 nitrogen and oxygen atoms in total. The minimum Gasteiger partial charge on any atom is -0.497 e. The van der Waals surface area contributed by atoms with Crippen molar-refractivity contribution in [3.05, 3.63) is 65.7 Å². The van der Waals surface area contributed by atoms with Crippen LogP contribution in [-0.2, 0) is 16.1 Å². The highest BCUT2D eigenvalue weighted by Crippen LogP contribution is 2.43. The molecule has 0 aromatic heterocycles. The van der Waals surface area contributed by atoms with Gasteiger partial charge in [0, 0.05) is 38.6 Å². The molecule has 0 N–H and O–H groups in total. The quantitative estimate of drug-likeness (QED) is 0.436. The molecule has 2 amide bonds. The number of hydrogen-bond acceptors (Lipinski definition) is 5. The Morgan fingerprint density at radius 3 is 2.32 bits per heavy atom. The number of benzene rings is 2. The maximum absolute atomic E-state index is 13.6. The van der Waals surface area contributed by atoms with Gasteiger partial charge >= 0.3 is 6.09 Å². The summed E-state index contributed by atoms with van der Waals surface area (Å²) in [6.45, 7) is 5.79. The van der Waals surface area contributed by atoms with E-state index in [0.29, 0.717) is 24.3 Å². The van der Waals surface area contributed by atoms with E-state index >= 15 is 0 Å². The zero-order chi connectivity index (χ0) is 28.2. The molecule has 7 heteroatoms. The number of rotatable bonds is 7. The Morgan fingerprint density at radius 1 is 0.902 bits per heavy atom. The van der Waals surface area contributed by atoms with Gasteiger partial charge in [-0.05, 0) is 87.2 Å². The van der Waals surface area contributed by atoms with Crippen LogP contribution in [0.3, 0.4) is 0 Å². The van der Waals surface area contributed by atoms with Crippen molar-refractivity contribution in [1.29, 1.82) is 0 Å². The van der Waals surface area contributed by atoms with Crippen molar-refractivity contribution in [2.45, 2.75) is 69.9 Å². The van der Waals surface area contributed by atoms with Crippen molar-refractivity contribution in [3.8, 4) is 5.75 Å². The van der Waals surface area contributed by atoms with Crippen LogP contribution in [0.1, 0.15) is 68.4 Å². The van der Waals surface area contributed by atoms with E-state index in [9.17, 15) is 9.59 Å². The van der Waals surface area contributed by atoms with Gasteiger partial charge in [-0.1, -0.05) is 48.9 Å². The Balaban J connectivity index is 1.06. The summed E-state index contributed by atoms with van der Waals surface area (Å²) < 4.78 is 11.2. The third kappa shape index (κ3) is 6.25. The lowest BCUT2D eigenvalue weighted by atomic mass is 9.76. The maximum Gasteiger partial charge on any atom is 0.410 e. The Bertz CT molecular complexity index is 1170. The monoisotopic (exact) mass is 559 g/mol. The van der Waals surface area contributed by atoms with Crippen molar-refractivity contribution in [2.24, 2.45) is 11.3 Å². The summed E-state index contributed by atoms with van der Waals surface area (Å²) in [4.78, 5) is 33.3. The number of ether oxygens (including phenoxy) is 2. The van der Waals surface area contributed by atoms with E-state index in [1.165, 1.54) is 12.0 Å². The Hall–Kier alpha value is -3.06. The largest absolute Gasteiger partial charge is 0.497 e. The molecule has 1 aliphatic carbocycles. The number of piperidine rings is 1. The van der Waals surface area contributed by atoms with Crippen LogP contribution in [0.5, 0.6) is 5.75 Å². The van der Waals surface area contributed by atoms with E-state index in [2.05, 4.69) is 52.3 Å². The summed E-state index contributed by atoms with van der Waals surface area (Å²) in [5.74, 6) is 1.83. The summed E-state index contributed by atoms with van der Waals surface area (Å²) in [5, 5.41) is 0. The van der Waals surface area contributed by atoms with Crippen LogP contribution < -0.4 is 4.74 Å². The lowest BCUT2D eigenvalue weighted by molar-refractivity contribution is -0.139. The van der Waals surface area contributed by atoms with Gasteiger partial charge in [-0.2, -0.15) is 0 Å². The van der Waals surface area contributed by atoms with Crippen LogP contribution in [-0.4, -0.2) is 79.2 Å². The predicted octanol–water partition coefficient (Wildman–Crippen LogP) is 5.69. The van der Waals surface area contributed by atoms with Crippen LogP contribution in [0.15, 0.2) is 54.6 Å². The molecule has 1 saturated carbocycles. The summed E-state index contributed by atoms with van der Waals surface area (Å²) in [6.07, 6.45) is 8.29. The van der Waals surface area contributed by atoms with E-state index in [0.717, 1.165) is 95.5 Å². The highest BCUT2D eigenvalue weighted by Gasteiger charge is 2.48. The molecule has 4 aliphatic rings. The molecule has 6 rings (SSSR count). The predicted molar refractivity (Wildman–Crippen MR) is 159 cm³/mol. The molecule has 3 saturated heterocycles. The maximum atomic E-state index is 13.6. The van der Waals surface area contributed by atoms with Gasteiger partial charge in [-0.15, -0.1) is 0 Å². The molecule has 1 unspecified atom stereocenters. The average molecular weight is 560 g/mol. The highest BCUT2D eigenvalue weighted by molar-refractivity contribution is 5.85. The molecule has 2 atom stereocenters. The first kappa shape index (κ1) is 28.1. The van der Waals surface area contributed by atoms with Crippen LogP contribution in [0, 0.1) is 11.3 Å². The van der Waals surface area contributed by atoms with Gasteiger partial charge in [0.05, 0.1) is 12.5 Å². The normalized spacial score (nSPS) is 25.1. The van der Waals surface area contributed by atoms with Gasteiger partial charge in [0.1, 0.15) is 11.9 Å². The molecular weight excluding hydrogens is 514 g/mol. The fourth-order valence-electron chi connectivity index (χ4n) is 7.64. The first-order chi connectivity index (χ1) is 20.0. The molecule has 2 aromatic carbocycles. The summed E-state index contributed by atoms with van der Waals surface area (Å²) in [6, 6.07) is 18.7. The Kier molecular flexibility index (Phi) is 8.52. The minimum atomic E-state index is -0.215. The van der Waals surface area contributed by atoms with Crippen molar-refractivity contribution < 1.29 is 19.1 Å². The highest BCUT2D eigenvalue weighted by atomic mass is 16.6. The zero-order valence-corrected chi connectivity index (χ0v) is 24.5. The van der Waals surface area contributed by atoms with Gasteiger partial charge in [-0.25, -0.2) is 4.79 Å². The van der Waals surface area contributed by atoms with Crippen LogP contribution in [0.2, 0.25) is 0 Å². The van der Waals surface area contributed by atoms with Gasteiger partial charge in [-0.3, -0.25) is 4.79 Å². The van der Waals surface area contributed by atoms with E-state index in [1.54, 1.807) is 7.11 Å². The minimum absolute atomic E-state index is 0.0805. The number of amides is 2. The molecule has 2 aromatic rings. The summed E-state index contributed by atoms with van der Waals surface area (Å²) in [5.41, 5.74) is 2.24. The van der Waals surface area contributed by atoms with Crippen LogP contribution in [0.25, 0.3) is 0 Å². The second-order valence-corrected chi connectivity index (χ2v) is 12.7. The number of methoxy groups -OCH3 is 1. The Labute approximate surface area is 244 Å². The van der Waals surface area contributed by atoms with Crippen molar-refractivity contribution >= 4 is 12.0 Å². The second kappa shape index (κ2) is 12.4. The Morgan fingerprint density at radius 2 is 1.61 bits per heavy atom. The molecule has 0 radical (unpaired) electrons. The third-order valence-electron chi connectivity index (χ3n) is 10.2. The second-order valence-electron chi connectivity index (χ2n) is 12.7. The van der Waals surface area contributed by atoms with Crippen molar-refractivity contribution in [2.75, 3.05) is 46.4 Å². The fraction of sp³-hybridized carbons (Fsp3) is 0.588. The smallest absolute Gasteiger partial charge is 0.410 e. The van der Waals surface area contributed by atoms with E-state index in [4.69, 9.17) is 9.47 Å². The van der Waals surface area contributed by atoms with Crippen molar-refractivity contribution in [3.63, 3.8) is 0 Å². The molecule has 4 fully saturated rings. The van der Waals surface area contributed by atoms with Crippen molar-refractivity contribution in [1.82, 2.24) is 14.7 Å². The molecule has 3 aliphatic heterocycles. The van der Waals surface area contributed by atoms with E-state index < -0.39 is 0 Å². The molecule has 220 valence electrons. The molecular formula is C34H45N3O4. The topological polar surface area (TPSA) is 62.3 Å². The van der Waals surface area contributed by atoms with Crippen LogP contribution in [0.4, 0.5) is 4.79 Å². The zero-order valence-electron chi connectivity index (χ0n) is 24.5. The number of likely N-dealkylation sites (tertiary alicyclic amines) is 3. The van der Waals surface area contributed by atoms with Crippen LogP contribution >= 0.6 is 0 Å². The first-order valence-corrected chi connectivity index (χ1v) is 15.7. The lowest BCUT2D eigenvalue weighted by Crippen LogP contribution is -2.46. The molecule has 3 heterocycles. The standard InChI is InChI=1S/C34H45N3O4/c1-40-29-14-12-26(13-15-29)22-36-21-18-34(32(36)38)16-19-35(20-17-34)23-28-24-37(25-31(28)27-8-4-2-5-9-27)33(39)41-30-10-6-3-7-11-30/h2,4-5,8-9,12-15,28,30-31H,3,6-7,10-11,16-25H2,1H3/t28-,31?/m0/s1. The lowest BCUT2D eigenvalue weighted by Gasteiger charge is -2.39. The number of hydrogen-bond donors (Lipinski definition) is 0. The molecule has 41 heavy (non-hydrogen) atoms. The number of carbonyl (C=O) groups excluding carboxylic acids is 2. The number of nitrogens with zero attached hydrogens (tertiary/aromatic N) is 3. The summed E-state index contributed by atoms with van der Waals surface area (Å²) >= 11 is 0. The van der Waals surface area contributed by atoms with E-state index in [1.807, 2.05) is 17.0 Å². The van der Waals surface area contributed by atoms with Gasteiger partial charge in [0.15, 0.2) is 0 Å².